The van der Waals surface area contributed by atoms with E-state index in [4.69, 9.17) is 16.7 Å². The maximum atomic E-state index is 12.8. The average Bonchev–Trinajstić information content (AvgIpc) is 3.32. The number of aromatic nitrogens is 6. The van der Waals surface area contributed by atoms with E-state index >= 15 is 0 Å². The number of benzene rings is 1. The molecule has 2 atom stereocenters. The van der Waals surface area contributed by atoms with Gasteiger partial charge in [0.05, 0.1) is 12.7 Å². The van der Waals surface area contributed by atoms with Crippen molar-refractivity contribution >= 4 is 17.1 Å². The maximum Gasteiger partial charge on any atom is 0.276 e. The minimum Gasteiger partial charge on any atom is -0.307 e. The molecule has 9 heteroatoms. The Morgan fingerprint density at radius 3 is 2.77 bits per heavy atom. The first-order valence-electron chi connectivity index (χ1n) is 10.2. The fourth-order valence-corrected chi connectivity index (χ4v) is 4.53. The molecule has 1 N–H and O–H groups in total. The Hall–Kier alpha value is -3.10. The molecule has 2 unspecified atom stereocenters. The van der Waals surface area contributed by atoms with Gasteiger partial charge in [0.25, 0.3) is 5.56 Å². The predicted octanol–water partition coefficient (Wildman–Crippen LogP) is 3.07. The van der Waals surface area contributed by atoms with Crippen LogP contribution in [0.3, 0.4) is 0 Å². The van der Waals surface area contributed by atoms with E-state index in [1.54, 1.807) is 23.1 Å². The second kappa shape index (κ2) is 7.86. The van der Waals surface area contributed by atoms with Crippen LogP contribution >= 0.6 is 11.6 Å². The standard InChI is InChI=1S/C22H22ClN7O/c1-13-8-15(23)4-5-16(13)21-26-9-18-22(31)27-20(28-30(18)21)17-11-29(10-14(17)2)12-19-24-6-3-7-25-19/h3-9,14,17H,10-12H2,1-2H3,(H,27,28,31). The highest BCUT2D eigenvalue weighted by atomic mass is 35.5. The molecule has 31 heavy (non-hydrogen) atoms. The Labute approximate surface area is 184 Å². The van der Waals surface area contributed by atoms with Crippen molar-refractivity contribution in [1.29, 1.82) is 0 Å². The summed E-state index contributed by atoms with van der Waals surface area (Å²) >= 11 is 6.11. The average molecular weight is 436 g/mol. The molecule has 0 radical (unpaired) electrons. The van der Waals surface area contributed by atoms with Gasteiger partial charge in [-0.15, -0.1) is 0 Å². The number of hydrogen-bond donors (Lipinski definition) is 1. The lowest BCUT2D eigenvalue weighted by atomic mass is 9.97. The van der Waals surface area contributed by atoms with Crippen molar-refractivity contribution in [1.82, 2.24) is 34.4 Å². The molecule has 8 nitrogen and oxygen atoms in total. The summed E-state index contributed by atoms with van der Waals surface area (Å²) in [5.41, 5.74) is 2.11. The van der Waals surface area contributed by atoms with E-state index in [1.165, 1.54) is 0 Å². The van der Waals surface area contributed by atoms with Crippen LogP contribution in [0.4, 0.5) is 0 Å². The van der Waals surface area contributed by atoms with Gasteiger partial charge in [-0.05, 0) is 42.7 Å². The summed E-state index contributed by atoms with van der Waals surface area (Å²) in [6.45, 7) is 6.49. The van der Waals surface area contributed by atoms with Gasteiger partial charge in [-0.25, -0.2) is 19.5 Å². The Kier molecular flexibility index (Phi) is 5.03. The van der Waals surface area contributed by atoms with Gasteiger partial charge in [-0.3, -0.25) is 9.69 Å². The van der Waals surface area contributed by atoms with E-state index in [2.05, 4.69) is 31.8 Å². The Balaban J connectivity index is 1.50. The van der Waals surface area contributed by atoms with Gasteiger partial charge in [0.15, 0.2) is 11.3 Å². The number of aromatic amines is 1. The van der Waals surface area contributed by atoms with Crippen molar-refractivity contribution in [3.63, 3.8) is 0 Å². The topological polar surface area (TPSA) is 92.1 Å². The number of hydrogen-bond acceptors (Lipinski definition) is 6. The largest absolute Gasteiger partial charge is 0.307 e. The van der Waals surface area contributed by atoms with E-state index in [0.717, 1.165) is 30.0 Å². The number of halogens is 1. The number of rotatable bonds is 4. The molecule has 158 valence electrons. The molecule has 0 aliphatic carbocycles. The van der Waals surface area contributed by atoms with Crippen LogP contribution in [0.2, 0.25) is 5.02 Å². The molecule has 1 aromatic carbocycles. The lowest BCUT2D eigenvalue weighted by Crippen LogP contribution is -2.23. The van der Waals surface area contributed by atoms with Crippen LogP contribution < -0.4 is 5.56 Å². The molecule has 5 rings (SSSR count). The third kappa shape index (κ3) is 3.73. The van der Waals surface area contributed by atoms with Gasteiger partial charge in [-0.1, -0.05) is 18.5 Å². The molecule has 1 fully saturated rings. The molecule has 4 aromatic rings. The molecule has 0 saturated carbocycles. The lowest BCUT2D eigenvalue weighted by molar-refractivity contribution is 0.310. The quantitative estimate of drug-likeness (QED) is 0.529. The molecule has 4 heterocycles. The van der Waals surface area contributed by atoms with Crippen molar-refractivity contribution in [2.75, 3.05) is 13.1 Å². The van der Waals surface area contributed by atoms with Crippen LogP contribution in [-0.2, 0) is 6.54 Å². The van der Waals surface area contributed by atoms with E-state index in [0.29, 0.717) is 34.7 Å². The summed E-state index contributed by atoms with van der Waals surface area (Å²) in [5.74, 6) is 2.53. The molecule has 0 amide bonds. The number of nitrogens with zero attached hydrogens (tertiary/aromatic N) is 6. The van der Waals surface area contributed by atoms with Crippen molar-refractivity contribution in [2.45, 2.75) is 26.3 Å². The summed E-state index contributed by atoms with van der Waals surface area (Å²) < 4.78 is 1.65. The van der Waals surface area contributed by atoms with Crippen LogP contribution in [-0.4, -0.2) is 47.5 Å². The number of nitrogens with one attached hydrogen (secondary N) is 1. The van der Waals surface area contributed by atoms with Crippen LogP contribution in [0.15, 0.2) is 47.7 Å². The highest BCUT2D eigenvalue weighted by Crippen LogP contribution is 2.31. The smallest absolute Gasteiger partial charge is 0.276 e. The van der Waals surface area contributed by atoms with Crippen LogP contribution in [0.5, 0.6) is 0 Å². The first kappa shape index (κ1) is 19.8. The summed E-state index contributed by atoms with van der Waals surface area (Å²) in [6.07, 6.45) is 5.08. The normalized spacial score (nSPS) is 19.3. The van der Waals surface area contributed by atoms with Crippen LogP contribution in [0.25, 0.3) is 16.9 Å². The molecule has 0 spiro atoms. The van der Waals surface area contributed by atoms with Gasteiger partial charge >= 0.3 is 0 Å². The molecule has 0 bridgehead atoms. The van der Waals surface area contributed by atoms with Crippen molar-refractivity contribution < 1.29 is 0 Å². The number of fused-ring (bicyclic) bond motifs is 1. The van der Waals surface area contributed by atoms with Crippen LogP contribution in [0.1, 0.15) is 30.1 Å². The van der Waals surface area contributed by atoms with Gasteiger partial charge < -0.3 is 4.98 Å². The van der Waals surface area contributed by atoms with Crippen molar-refractivity contribution in [3.05, 3.63) is 75.4 Å². The number of aryl methyl sites for hydroxylation is 1. The zero-order chi connectivity index (χ0) is 21.5. The Morgan fingerprint density at radius 2 is 2.00 bits per heavy atom. The SMILES string of the molecule is Cc1cc(Cl)ccc1-c1ncc2c(=O)[nH]c(C3CN(Cc4ncccn4)CC3C)nn12. The van der Waals surface area contributed by atoms with E-state index in [-0.39, 0.29) is 11.5 Å². The summed E-state index contributed by atoms with van der Waals surface area (Å²) in [7, 11) is 0. The third-order valence-corrected chi connectivity index (χ3v) is 6.11. The summed E-state index contributed by atoms with van der Waals surface area (Å²) in [4.78, 5) is 31.2. The van der Waals surface area contributed by atoms with E-state index in [9.17, 15) is 4.79 Å². The Bertz CT molecular complexity index is 1300. The maximum absolute atomic E-state index is 12.8. The molecular weight excluding hydrogens is 414 g/mol. The molecular formula is C22H22ClN7O. The molecule has 1 aliphatic heterocycles. The number of likely N-dealkylation sites (tertiary alicyclic amines) is 1. The van der Waals surface area contributed by atoms with Crippen molar-refractivity contribution in [2.24, 2.45) is 5.92 Å². The van der Waals surface area contributed by atoms with Gasteiger partial charge in [-0.2, -0.15) is 5.10 Å². The van der Waals surface area contributed by atoms with E-state index < -0.39 is 0 Å². The van der Waals surface area contributed by atoms with E-state index in [1.807, 2.05) is 31.2 Å². The predicted molar refractivity (Wildman–Crippen MR) is 118 cm³/mol. The fraction of sp³-hybridized carbons (Fsp3) is 0.318. The zero-order valence-electron chi connectivity index (χ0n) is 17.3. The molecule has 3 aromatic heterocycles. The molecule has 1 saturated heterocycles. The monoisotopic (exact) mass is 435 g/mol. The highest BCUT2D eigenvalue weighted by Gasteiger charge is 2.33. The van der Waals surface area contributed by atoms with Crippen molar-refractivity contribution in [3.8, 4) is 11.4 Å². The molecule has 1 aliphatic rings. The lowest BCUT2D eigenvalue weighted by Gasteiger charge is -2.15. The first-order valence-corrected chi connectivity index (χ1v) is 10.6. The zero-order valence-corrected chi connectivity index (χ0v) is 18.0. The number of imidazole rings is 1. The second-order valence-electron chi connectivity index (χ2n) is 8.12. The number of H-pyrrole nitrogens is 1. The van der Waals surface area contributed by atoms with Gasteiger partial charge in [0, 0.05) is 42.0 Å². The van der Waals surface area contributed by atoms with Gasteiger partial charge in [0.1, 0.15) is 11.6 Å². The third-order valence-electron chi connectivity index (χ3n) is 5.87. The fourth-order valence-electron chi connectivity index (χ4n) is 4.31. The Morgan fingerprint density at radius 1 is 1.19 bits per heavy atom. The van der Waals surface area contributed by atoms with Gasteiger partial charge in [0.2, 0.25) is 0 Å². The highest BCUT2D eigenvalue weighted by molar-refractivity contribution is 6.30. The first-order chi connectivity index (χ1) is 15.0. The summed E-state index contributed by atoms with van der Waals surface area (Å²) in [5, 5.41) is 5.48. The van der Waals surface area contributed by atoms with Crippen LogP contribution in [0, 0.1) is 12.8 Å². The summed E-state index contributed by atoms with van der Waals surface area (Å²) in [6, 6.07) is 7.43. The minimum absolute atomic E-state index is 0.0994. The minimum atomic E-state index is -0.188. The second-order valence-corrected chi connectivity index (χ2v) is 8.56.